The Morgan fingerprint density at radius 2 is 2.10 bits per heavy atom. The normalized spacial score (nSPS) is 23.1. The molecule has 3 aromatic rings. The van der Waals surface area contributed by atoms with Crippen molar-refractivity contribution in [2.24, 2.45) is 11.3 Å². The lowest BCUT2D eigenvalue weighted by Gasteiger charge is -1.95. The summed E-state index contributed by atoms with van der Waals surface area (Å²) in [6.45, 7) is 4.09. The van der Waals surface area contributed by atoms with Crippen molar-refractivity contribution in [3.8, 4) is 17.5 Å². The summed E-state index contributed by atoms with van der Waals surface area (Å²) in [5.74, 6) is 0.995. The molecular formula is C16H13N3O2. The van der Waals surface area contributed by atoms with Crippen LogP contribution in [0.4, 0.5) is 0 Å². The number of fused-ring (bicyclic) bond motifs is 1. The fourth-order valence-electron chi connectivity index (χ4n) is 2.96. The summed E-state index contributed by atoms with van der Waals surface area (Å²) in [4.78, 5) is 4.47. The van der Waals surface area contributed by atoms with Crippen molar-refractivity contribution in [2.75, 3.05) is 0 Å². The molecule has 1 aliphatic carbocycles. The molecule has 0 aliphatic heterocycles. The van der Waals surface area contributed by atoms with Crippen LogP contribution >= 0.6 is 0 Å². The maximum Gasteiger partial charge on any atom is 0.232 e. The summed E-state index contributed by atoms with van der Waals surface area (Å²) < 4.78 is 10.9. The molecule has 0 bridgehead atoms. The van der Waals surface area contributed by atoms with E-state index in [0.717, 1.165) is 16.5 Å². The minimum Gasteiger partial charge on any atom is -0.464 e. The zero-order chi connectivity index (χ0) is 14.6. The van der Waals surface area contributed by atoms with Crippen LogP contribution in [0.5, 0.6) is 0 Å². The number of aromatic nitrogens is 2. The first-order chi connectivity index (χ1) is 10.1. The molecule has 5 nitrogen and oxygen atoms in total. The molecule has 0 amide bonds. The fraction of sp³-hybridized carbons (Fsp3) is 0.312. The van der Waals surface area contributed by atoms with Gasteiger partial charge in [-0.05, 0) is 11.5 Å². The maximum absolute atomic E-state index is 9.15. The molecule has 1 fully saturated rings. The second kappa shape index (κ2) is 3.95. The van der Waals surface area contributed by atoms with E-state index >= 15 is 0 Å². The van der Waals surface area contributed by atoms with Crippen LogP contribution in [-0.4, -0.2) is 10.1 Å². The van der Waals surface area contributed by atoms with Crippen molar-refractivity contribution in [2.45, 2.75) is 19.8 Å². The Morgan fingerprint density at radius 3 is 2.86 bits per heavy atom. The molecule has 0 N–H and O–H groups in total. The molecule has 2 atom stereocenters. The van der Waals surface area contributed by atoms with Crippen molar-refractivity contribution in [3.05, 3.63) is 36.4 Å². The van der Waals surface area contributed by atoms with Crippen LogP contribution in [0.25, 0.3) is 22.4 Å². The van der Waals surface area contributed by atoms with Crippen LogP contribution in [0.1, 0.15) is 25.7 Å². The largest absolute Gasteiger partial charge is 0.464 e. The SMILES string of the molecule is CC1(C)C(C#N)C1c1nc(-c2coc3ccccc23)no1. The van der Waals surface area contributed by atoms with Gasteiger partial charge in [-0.2, -0.15) is 10.2 Å². The second-order valence-electron chi connectivity index (χ2n) is 6.01. The highest BCUT2D eigenvalue weighted by Crippen LogP contribution is 2.63. The van der Waals surface area contributed by atoms with E-state index in [2.05, 4.69) is 16.2 Å². The van der Waals surface area contributed by atoms with E-state index in [9.17, 15) is 0 Å². The third-order valence-electron chi connectivity index (χ3n) is 4.40. The first kappa shape index (κ1) is 12.2. The summed E-state index contributed by atoms with van der Waals surface area (Å²) in [5, 5.41) is 14.2. The van der Waals surface area contributed by atoms with E-state index in [0.29, 0.717) is 11.7 Å². The van der Waals surface area contributed by atoms with Gasteiger partial charge in [-0.1, -0.05) is 37.2 Å². The van der Waals surface area contributed by atoms with Gasteiger partial charge in [-0.15, -0.1) is 0 Å². The number of hydrogen-bond acceptors (Lipinski definition) is 5. The Bertz CT molecular complexity index is 869. The fourth-order valence-corrected chi connectivity index (χ4v) is 2.96. The first-order valence-electron chi connectivity index (χ1n) is 6.83. The monoisotopic (exact) mass is 279 g/mol. The van der Waals surface area contributed by atoms with Gasteiger partial charge in [0, 0.05) is 5.39 Å². The number of nitriles is 1. The number of benzene rings is 1. The molecule has 2 heterocycles. The lowest BCUT2D eigenvalue weighted by atomic mass is 10.1. The molecule has 1 saturated carbocycles. The standard InChI is InChI=1S/C16H13N3O2/c1-16(2)11(7-17)13(16)15-18-14(19-21-15)10-8-20-12-6-4-3-5-9(10)12/h3-6,8,11,13H,1-2H3. The van der Waals surface area contributed by atoms with Gasteiger partial charge in [0.25, 0.3) is 0 Å². The van der Waals surface area contributed by atoms with Crippen molar-refractivity contribution in [1.29, 1.82) is 5.26 Å². The second-order valence-corrected chi connectivity index (χ2v) is 6.01. The van der Waals surface area contributed by atoms with Crippen molar-refractivity contribution < 1.29 is 8.94 Å². The van der Waals surface area contributed by atoms with Crippen LogP contribution < -0.4 is 0 Å². The Labute approximate surface area is 121 Å². The number of rotatable bonds is 2. The minimum atomic E-state index is -0.100. The van der Waals surface area contributed by atoms with Crippen LogP contribution in [0.15, 0.2) is 39.5 Å². The van der Waals surface area contributed by atoms with E-state index in [4.69, 9.17) is 14.2 Å². The molecule has 0 saturated heterocycles. The number of nitrogens with zero attached hydrogens (tertiary/aromatic N) is 3. The average molecular weight is 279 g/mol. The highest BCUT2D eigenvalue weighted by molar-refractivity contribution is 5.91. The van der Waals surface area contributed by atoms with E-state index in [1.165, 1.54) is 0 Å². The predicted molar refractivity (Wildman–Crippen MR) is 75.1 cm³/mol. The van der Waals surface area contributed by atoms with Gasteiger partial charge in [0.2, 0.25) is 11.7 Å². The van der Waals surface area contributed by atoms with E-state index in [-0.39, 0.29) is 17.3 Å². The van der Waals surface area contributed by atoms with Crippen LogP contribution in [0.2, 0.25) is 0 Å². The lowest BCUT2D eigenvalue weighted by molar-refractivity contribution is 0.368. The first-order valence-corrected chi connectivity index (χ1v) is 6.83. The Kier molecular flexibility index (Phi) is 2.29. The number of para-hydroxylation sites is 1. The van der Waals surface area contributed by atoms with Crippen molar-refractivity contribution >= 4 is 11.0 Å². The Hall–Kier alpha value is -2.61. The van der Waals surface area contributed by atoms with Crippen molar-refractivity contribution in [1.82, 2.24) is 10.1 Å². The third kappa shape index (κ3) is 1.62. The highest BCUT2D eigenvalue weighted by Gasteiger charge is 2.62. The maximum atomic E-state index is 9.15. The Balaban J connectivity index is 1.75. The van der Waals surface area contributed by atoms with Gasteiger partial charge in [0.15, 0.2) is 0 Å². The smallest absolute Gasteiger partial charge is 0.232 e. The van der Waals surface area contributed by atoms with E-state index in [1.807, 2.05) is 38.1 Å². The quantitative estimate of drug-likeness (QED) is 0.714. The molecule has 2 unspecified atom stereocenters. The van der Waals surface area contributed by atoms with Gasteiger partial charge in [0.05, 0.1) is 23.5 Å². The van der Waals surface area contributed by atoms with Gasteiger partial charge in [-0.25, -0.2) is 0 Å². The summed E-state index contributed by atoms with van der Waals surface area (Å²) in [7, 11) is 0. The van der Waals surface area contributed by atoms with Gasteiger partial charge >= 0.3 is 0 Å². The van der Waals surface area contributed by atoms with Crippen molar-refractivity contribution in [3.63, 3.8) is 0 Å². The van der Waals surface area contributed by atoms with Crippen LogP contribution in [0, 0.1) is 22.7 Å². The molecule has 21 heavy (non-hydrogen) atoms. The molecular weight excluding hydrogens is 266 g/mol. The molecule has 0 radical (unpaired) electrons. The molecule has 0 spiro atoms. The lowest BCUT2D eigenvalue weighted by Crippen LogP contribution is -1.90. The third-order valence-corrected chi connectivity index (χ3v) is 4.40. The molecule has 1 aromatic carbocycles. The van der Waals surface area contributed by atoms with Gasteiger partial charge in [0.1, 0.15) is 11.8 Å². The average Bonchev–Trinajstić information content (AvgIpc) is 2.90. The van der Waals surface area contributed by atoms with Crippen LogP contribution in [-0.2, 0) is 0 Å². The van der Waals surface area contributed by atoms with Crippen LogP contribution in [0.3, 0.4) is 0 Å². The van der Waals surface area contributed by atoms with Gasteiger partial charge < -0.3 is 8.94 Å². The molecule has 4 rings (SSSR count). The highest BCUT2D eigenvalue weighted by atomic mass is 16.5. The van der Waals surface area contributed by atoms with E-state index < -0.39 is 0 Å². The van der Waals surface area contributed by atoms with Gasteiger partial charge in [-0.3, -0.25) is 0 Å². The zero-order valence-corrected chi connectivity index (χ0v) is 11.7. The summed E-state index contributed by atoms with van der Waals surface area (Å²) in [6, 6.07) is 10.0. The molecule has 104 valence electrons. The molecule has 1 aliphatic rings. The number of hydrogen-bond donors (Lipinski definition) is 0. The van der Waals surface area contributed by atoms with E-state index in [1.54, 1.807) is 6.26 Å². The topological polar surface area (TPSA) is 75.8 Å². The summed E-state index contributed by atoms with van der Waals surface area (Å²) >= 11 is 0. The zero-order valence-electron chi connectivity index (χ0n) is 11.7. The summed E-state index contributed by atoms with van der Waals surface area (Å²) in [5.41, 5.74) is 1.50. The molecule has 2 aromatic heterocycles. The Morgan fingerprint density at radius 1 is 1.29 bits per heavy atom. The molecule has 5 heteroatoms. The minimum absolute atomic E-state index is 0.0157. The predicted octanol–water partition coefficient (Wildman–Crippen LogP) is 3.75. The summed E-state index contributed by atoms with van der Waals surface area (Å²) in [6.07, 6.45) is 1.64. The number of furan rings is 1.